The third-order valence-corrected chi connectivity index (χ3v) is 3.82. The Bertz CT molecular complexity index is 778. The van der Waals surface area contributed by atoms with E-state index < -0.39 is 0 Å². The van der Waals surface area contributed by atoms with E-state index in [0.717, 1.165) is 12.3 Å². The van der Waals surface area contributed by atoms with E-state index in [4.69, 9.17) is 9.47 Å². The van der Waals surface area contributed by atoms with E-state index in [2.05, 4.69) is 15.6 Å². The van der Waals surface area contributed by atoms with Crippen molar-refractivity contribution in [2.75, 3.05) is 47.4 Å². The number of pyridine rings is 1. The van der Waals surface area contributed by atoms with Gasteiger partial charge in [0.2, 0.25) is 0 Å². The van der Waals surface area contributed by atoms with Crippen LogP contribution in [0.3, 0.4) is 0 Å². The Morgan fingerprint density at radius 1 is 0.964 bits per heavy atom. The fraction of sp³-hybridized carbons (Fsp3) is 0.350. The summed E-state index contributed by atoms with van der Waals surface area (Å²) in [7, 11) is 5.46. The van der Waals surface area contributed by atoms with Gasteiger partial charge in [0.15, 0.2) is 0 Å². The average Bonchev–Trinajstić information content (AvgIpc) is 2.71. The van der Waals surface area contributed by atoms with E-state index >= 15 is 0 Å². The van der Waals surface area contributed by atoms with Gasteiger partial charge in [-0.1, -0.05) is 0 Å². The van der Waals surface area contributed by atoms with Gasteiger partial charge in [0.25, 0.3) is 11.8 Å². The molecule has 0 aliphatic rings. The summed E-state index contributed by atoms with van der Waals surface area (Å²) >= 11 is 0. The highest BCUT2D eigenvalue weighted by Gasteiger charge is 2.11. The minimum absolute atomic E-state index is 0.258. The van der Waals surface area contributed by atoms with Crippen LogP contribution in [-0.2, 0) is 0 Å². The smallest absolute Gasteiger partial charge is 0.252 e. The van der Waals surface area contributed by atoms with Crippen LogP contribution in [0.1, 0.15) is 20.7 Å². The number of rotatable bonds is 10. The Balaban J connectivity index is 1.79. The molecule has 28 heavy (non-hydrogen) atoms. The van der Waals surface area contributed by atoms with Crippen LogP contribution in [0.15, 0.2) is 42.7 Å². The maximum atomic E-state index is 12.3. The second kappa shape index (κ2) is 10.9. The molecule has 0 saturated carbocycles. The second-order valence-corrected chi connectivity index (χ2v) is 6.30. The molecule has 0 aliphatic carbocycles. The van der Waals surface area contributed by atoms with E-state index in [1.54, 1.807) is 31.4 Å². The van der Waals surface area contributed by atoms with E-state index in [0.29, 0.717) is 36.6 Å². The van der Waals surface area contributed by atoms with Crippen LogP contribution in [0.2, 0.25) is 0 Å². The van der Waals surface area contributed by atoms with Crippen molar-refractivity contribution in [2.24, 2.45) is 0 Å². The predicted molar refractivity (Wildman–Crippen MR) is 106 cm³/mol. The van der Waals surface area contributed by atoms with Crippen molar-refractivity contribution in [1.82, 2.24) is 20.5 Å². The highest BCUT2D eigenvalue weighted by molar-refractivity contribution is 5.99. The zero-order chi connectivity index (χ0) is 20.4. The topological polar surface area (TPSA) is 92.8 Å². The molecule has 2 aromatic rings. The third-order valence-electron chi connectivity index (χ3n) is 3.82. The zero-order valence-electron chi connectivity index (χ0n) is 16.4. The van der Waals surface area contributed by atoms with E-state index in [1.165, 1.54) is 18.5 Å². The first kappa shape index (κ1) is 21.2. The third kappa shape index (κ3) is 6.88. The summed E-state index contributed by atoms with van der Waals surface area (Å²) in [4.78, 5) is 30.3. The molecule has 1 aromatic heterocycles. The Morgan fingerprint density at radius 3 is 2.11 bits per heavy atom. The summed E-state index contributed by atoms with van der Waals surface area (Å²) in [6.07, 6.45) is 2.87. The van der Waals surface area contributed by atoms with Crippen LogP contribution >= 0.6 is 0 Å². The van der Waals surface area contributed by atoms with Crippen molar-refractivity contribution in [3.05, 3.63) is 53.9 Å². The molecule has 0 unspecified atom stereocenters. The average molecular weight is 386 g/mol. The Labute approximate surface area is 164 Å². The van der Waals surface area contributed by atoms with Gasteiger partial charge in [0.1, 0.15) is 18.1 Å². The van der Waals surface area contributed by atoms with Gasteiger partial charge >= 0.3 is 0 Å². The lowest BCUT2D eigenvalue weighted by Crippen LogP contribution is -2.32. The lowest BCUT2D eigenvalue weighted by molar-refractivity contribution is 0.0946. The maximum absolute atomic E-state index is 12.3. The first-order chi connectivity index (χ1) is 13.5. The van der Waals surface area contributed by atoms with E-state index in [1.807, 2.05) is 19.0 Å². The molecule has 0 atom stereocenters. The van der Waals surface area contributed by atoms with Crippen LogP contribution in [0.5, 0.6) is 11.5 Å². The van der Waals surface area contributed by atoms with Crippen molar-refractivity contribution in [1.29, 1.82) is 0 Å². The van der Waals surface area contributed by atoms with Gasteiger partial charge < -0.3 is 25.0 Å². The Kier molecular flexibility index (Phi) is 8.23. The first-order valence-corrected chi connectivity index (χ1v) is 8.92. The standard InChI is InChI=1S/C20H26N4O4/c1-24(2)10-8-22-19(25)15-12-16(14-21-13-15)20(26)23-9-11-28-18-6-4-17(27-3)5-7-18/h4-7,12-14H,8-11H2,1-3H3,(H,22,25)(H,23,26). The van der Waals surface area contributed by atoms with E-state index in [9.17, 15) is 9.59 Å². The molecule has 1 aromatic carbocycles. The van der Waals surface area contributed by atoms with Gasteiger partial charge in [-0.15, -0.1) is 0 Å². The van der Waals surface area contributed by atoms with Crippen molar-refractivity contribution in [3.8, 4) is 11.5 Å². The van der Waals surface area contributed by atoms with Gasteiger partial charge in [-0.25, -0.2) is 0 Å². The van der Waals surface area contributed by atoms with Crippen LogP contribution in [0.25, 0.3) is 0 Å². The summed E-state index contributed by atoms with van der Waals surface area (Å²) in [5.41, 5.74) is 0.672. The molecular formula is C20H26N4O4. The molecule has 0 saturated heterocycles. The molecule has 1 heterocycles. The number of aromatic nitrogens is 1. The molecule has 8 nitrogen and oxygen atoms in total. The molecule has 2 N–H and O–H groups in total. The number of hydrogen-bond acceptors (Lipinski definition) is 6. The van der Waals surface area contributed by atoms with Gasteiger partial charge in [0, 0.05) is 25.5 Å². The summed E-state index contributed by atoms with van der Waals surface area (Å²) in [6, 6.07) is 8.72. The fourth-order valence-corrected chi connectivity index (χ4v) is 2.29. The van der Waals surface area contributed by atoms with Gasteiger partial charge in [-0.3, -0.25) is 14.6 Å². The molecule has 0 spiro atoms. The summed E-state index contributed by atoms with van der Waals surface area (Å²) in [5.74, 6) is 0.868. The highest BCUT2D eigenvalue weighted by Crippen LogP contribution is 2.16. The lowest BCUT2D eigenvalue weighted by Gasteiger charge is -2.11. The zero-order valence-corrected chi connectivity index (χ0v) is 16.4. The number of amides is 2. The quantitative estimate of drug-likeness (QED) is 0.596. The number of nitrogens with zero attached hydrogens (tertiary/aromatic N) is 2. The number of likely N-dealkylation sites (N-methyl/N-ethyl adjacent to an activating group) is 1. The van der Waals surface area contributed by atoms with Crippen LogP contribution < -0.4 is 20.1 Å². The molecule has 2 rings (SSSR count). The number of benzene rings is 1. The molecular weight excluding hydrogens is 360 g/mol. The maximum Gasteiger partial charge on any atom is 0.252 e. The first-order valence-electron chi connectivity index (χ1n) is 8.92. The molecule has 0 bridgehead atoms. The van der Waals surface area contributed by atoms with Crippen molar-refractivity contribution in [3.63, 3.8) is 0 Å². The monoisotopic (exact) mass is 386 g/mol. The summed E-state index contributed by atoms with van der Waals surface area (Å²) in [5, 5.41) is 5.54. The minimum Gasteiger partial charge on any atom is -0.497 e. The van der Waals surface area contributed by atoms with Crippen LogP contribution in [0, 0.1) is 0 Å². The summed E-state index contributed by atoms with van der Waals surface area (Å²) in [6.45, 7) is 1.89. The Hall–Kier alpha value is -3.13. The SMILES string of the molecule is COc1ccc(OCCNC(=O)c2cncc(C(=O)NCCN(C)C)c2)cc1. The fourth-order valence-electron chi connectivity index (χ4n) is 2.29. The van der Waals surface area contributed by atoms with Crippen LogP contribution in [-0.4, -0.2) is 69.1 Å². The normalized spacial score (nSPS) is 10.4. The molecule has 2 amide bonds. The predicted octanol–water partition coefficient (Wildman–Crippen LogP) is 1.19. The molecule has 0 aliphatic heterocycles. The van der Waals surface area contributed by atoms with Crippen LogP contribution in [0.4, 0.5) is 0 Å². The van der Waals surface area contributed by atoms with Crippen molar-refractivity contribution < 1.29 is 19.1 Å². The molecule has 8 heteroatoms. The van der Waals surface area contributed by atoms with Gasteiger partial charge in [-0.2, -0.15) is 0 Å². The molecule has 0 radical (unpaired) electrons. The number of ether oxygens (including phenoxy) is 2. The number of hydrogen-bond donors (Lipinski definition) is 2. The number of carbonyl (C=O) groups is 2. The van der Waals surface area contributed by atoms with Crippen molar-refractivity contribution in [2.45, 2.75) is 0 Å². The Morgan fingerprint density at radius 2 is 1.54 bits per heavy atom. The number of carbonyl (C=O) groups excluding carboxylic acids is 2. The van der Waals surface area contributed by atoms with Gasteiger partial charge in [0.05, 0.1) is 24.8 Å². The summed E-state index contributed by atoms with van der Waals surface area (Å²) < 4.78 is 10.6. The number of methoxy groups -OCH3 is 1. The largest absolute Gasteiger partial charge is 0.497 e. The van der Waals surface area contributed by atoms with E-state index in [-0.39, 0.29) is 11.8 Å². The second-order valence-electron chi connectivity index (χ2n) is 6.30. The molecule has 150 valence electrons. The highest BCUT2D eigenvalue weighted by atomic mass is 16.5. The molecule has 0 fully saturated rings. The minimum atomic E-state index is -0.311. The van der Waals surface area contributed by atoms with Crippen molar-refractivity contribution >= 4 is 11.8 Å². The van der Waals surface area contributed by atoms with Gasteiger partial charge in [-0.05, 0) is 44.4 Å². The lowest BCUT2D eigenvalue weighted by atomic mass is 10.2. The number of nitrogens with one attached hydrogen (secondary N) is 2.